The highest BCUT2D eigenvalue weighted by Gasteiger charge is 2.34. The molecule has 82 valence electrons. The van der Waals surface area contributed by atoms with E-state index >= 15 is 0 Å². The number of aliphatic hydroxyl groups is 1. The van der Waals surface area contributed by atoms with Crippen LogP contribution in [0.25, 0.3) is 0 Å². The van der Waals surface area contributed by atoms with Crippen LogP contribution in [0, 0.1) is 5.92 Å². The van der Waals surface area contributed by atoms with Crippen LogP contribution < -0.4 is 0 Å². The number of alkyl halides is 1. The standard InChI is InChI=1S/C10H18ClNO2/c1-6(2)8(13)7(11)9-12-10(3,4)5-14-9/h6-8,13H,5H2,1-4H3. The number of aliphatic imine (C=N–C) groups is 1. The average molecular weight is 220 g/mol. The van der Waals surface area contributed by atoms with Crippen molar-refractivity contribution in [3.05, 3.63) is 0 Å². The third kappa shape index (κ3) is 2.61. The van der Waals surface area contributed by atoms with Gasteiger partial charge in [-0.2, -0.15) is 0 Å². The molecular weight excluding hydrogens is 202 g/mol. The van der Waals surface area contributed by atoms with Gasteiger partial charge in [0.15, 0.2) is 0 Å². The van der Waals surface area contributed by atoms with Crippen molar-refractivity contribution in [1.82, 2.24) is 0 Å². The van der Waals surface area contributed by atoms with Crippen LogP contribution in [-0.2, 0) is 4.74 Å². The number of ether oxygens (including phenoxy) is 1. The van der Waals surface area contributed by atoms with Crippen LogP contribution in [0.3, 0.4) is 0 Å². The van der Waals surface area contributed by atoms with Gasteiger partial charge in [-0.3, -0.25) is 0 Å². The molecule has 0 aromatic carbocycles. The Morgan fingerprint density at radius 3 is 2.43 bits per heavy atom. The fourth-order valence-corrected chi connectivity index (χ4v) is 1.64. The van der Waals surface area contributed by atoms with E-state index in [2.05, 4.69) is 4.99 Å². The lowest BCUT2D eigenvalue weighted by Crippen LogP contribution is -2.33. The number of halogens is 1. The van der Waals surface area contributed by atoms with Gasteiger partial charge in [0.05, 0.1) is 11.6 Å². The van der Waals surface area contributed by atoms with Crippen molar-refractivity contribution in [2.75, 3.05) is 6.61 Å². The van der Waals surface area contributed by atoms with E-state index in [9.17, 15) is 5.11 Å². The molecule has 14 heavy (non-hydrogen) atoms. The molecule has 0 fully saturated rings. The summed E-state index contributed by atoms with van der Waals surface area (Å²) in [5, 5.41) is 9.20. The molecule has 2 unspecified atom stereocenters. The minimum atomic E-state index is -0.607. The van der Waals surface area contributed by atoms with Crippen LogP contribution in [0.5, 0.6) is 0 Å². The summed E-state index contributed by atoms with van der Waals surface area (Å²) in [6.07, 6.45) is -0.607. The van der Waals surface area contributed by atoms with E-state index < -0.39 is 11.5 Å². The first kappa shape index (κ1) is 11.8. The zero-order valence-corrected chi connectivity index (χ0v) is 9.88. The molecule has 0 bridgehead atoms. The second-order valence-electron chi connectivity index (χ2n) is 4.69. The molecule has 1 N–H and O–H groups in total. The van der Waals surface area contributed by atoms with E-state index in [0.717, 1.165) is 0 Å². The second kappa shape index (κ2) is 4.07. The first-order valence-corrected chi connectivity index (χ1v) is 5.32. The van der Waals surface area contributed by atoms with Crippen molar-refractivity contribution in [3.63, 3.8) is 0 Å². The van der Waals surface area contributed by atoms with Gasteiger partial charge < -0.3 is 9.84 Å². The molecule has 0 aromatic heterocycles. The fourth-order valence-electron chi connectivity index (χ4n) is 1.24. The maximum atomic E-state index is 9.73. The van der Waals surface area contributed by atoms with Crippen LogP contribution in [0.4, 0.5) is 0 Å². The number of nitrogens with zero attached hydrogens (tertiary/aromatic N) is 1. The summed E-state index contributed by atoms with van der Waals surface area (Å²) in [5.41, 5.74) is -0.209. The van der Waals surface area contributed by atoms with E-state index in [4.69, 9.17) is 16.3 Å². The molecule has 0 spiro atoms. The quantitative estimate of drug-likeness (QED) is 0.736. The first-order valence-electron chi connectivity index (χ1n) is 4.88. The summed E-state index contributed by atoms with van der Waals surface area (Å²) in [5.74, 6) is 0.574. The van der Waals surface area contributed by atoms with Gasteiger partial charge in [0.2, 0.25) is 5.90 Å². The summed E-state index contributed by atoms with van der Waals surface area (Å²) >= 11 is 6.05. The topological polar surface area (TPSA) is 41.8 Å². The molecule has 0 aliphatic carbocycles. The maximum Gasteiger partial charge on any atom is 0.205 e. The first-order chi connectivity index (χ1) is 6.33. The van der Waals surface area contributed by atoms with Crippen molar-refractivity contribution in [2.45, 2.75) is 44.7 Å². The van der Waals surface area contributed by atoms with Gasteiger partial charge in [-0.15, -0.1) is 11.6 Å². The minimum Gasteiger partial charge on any atom is -0.477 e. The van der Waals surface area contributed by atoms with E-state index in [1.165, 1.54) is 0 Å². The van der Waals surface area contributed by atoms with Gasteiger partial charge in [0.25, 0.3) is 0 Å². The van der Waals surface area contributed by atoms with Crippen LogP contribution in [0.2, 0.25) is 0 Å². The van der Waals surface area contributed by atoms with Crippen molar-refractivity contribution in [2.24, 2.45) is 10.9 Å². The third-order valence-corrected chi connectivity index (χ3v) is 2.65. The molecule has 0 saturated carbocycles. The molecule has 3 nitrogen and oxygen atoms in total. The van der Waals surface area contributed by atoms with Crippen molar-refractivity contribution < 1.29 is 9.84 Å². The van der Waals surface area contributed by atoms with E-state index in [0.29, 0.717) is 12.5 Å². The lowest BCUT2D eigenvalue weighted by Gasteiger charge is -2.19. The van der Waals surface area contributed by atoms with Crippen LogP contribution in [0.15, 0.2) is 4.99 Å². The third-order valence-electron chi connectivity index (χ3n) is 2.20. The zero-order valence-electron chi connectivity index (χ0n) is 9.12. The molecule has 1 aliphatic heterocycles. The van der Waals surface area contributed by atoms with Gasteiger partial charge in [-0.25, -0.2) is 4.99 Å². The Labute approximate surface area is 90.1 Å². The van der Waals surface area contributed by atoms with Gasteiger partial charge >= 0.3 is 0 Å². The molecule has 1 rings (SSSR count). The highest BCUT2D eigenvalue weighted by molar-refractivity contribution is 6.31. The van der Waals surface area contributed by atoms with Gasteiger partial charge in [-0.1, -0.05) is 13.8 Å². The molecule has 0 amide bonds. The largest absolute Gasteiger partial charge is 0.477 e. The Hall–Kier alpha value is -0.280. The molecule has 0 aromatic rings. The molecule has 0 saturated heterocycles. The summed E-state index contributed by atoms with van der Waals surface area (Å²) in [6, 6.07) is 0. The highest BCUT2D eigenvalue weighted by Crippen LogP contribution is 2.23. The Morgan fingerprint density at radius 1 is 1.50 bits per heavy atom. The van der Waals surface area contributed by atoms with Crippen molar-refractivity contribution in [3.8, 4) is 0 Å². The molecule has 4 heteroatoms. The molecule has 1 heterocycles. The molecule has 2 atom stereocenters. The number of hydrogen-bond donors (Lipinski definition) is 1. The van der Waals surface area contributed by atoms with E-state index in [1.54, 1.807) is 0 Å². The fraction of sp³-hybridized carbons (Fsp3) is 0.900. The monoisotopic (exact) mass is 219 g/mol. The smallest absolute Gasteiger partial charge is 0.205 e. The molecule has 1 aliphatic rings. The summed E-state index contributed by atoms with van der Waals surface area (Å²) < 4.78 is 5.36. The summed E-state index contributed by atoms with van der Waals surface area (Å²) in [4.78, 5) is 4.33. The van der Waals surface area contributed by atoms with Gasteiger partial charge in [0.1, 0.15) is 12.0 Å². The lowest BCUT2D eigenvalue weighted by atomic mass is 10.0. The minimum absolute atomic E-state index is 0.104. The van der Waals surface area contributed by atoms with Gasteiger partial charge in [0, 0.05) is 0 Å². The molecular formula is C10H18ClNO2. The predicted molar refractivity (Wildman–Crippen MR) is 58.0 cm³/mol. The summed E-state index contributed by atoms with van der Waals surface area (Å²) in [6.45, 7) is 8.33. The maximum absolute atomic E-state index is 9.73. The molecule has 0 radical (unpaired) electrons. The highest BCUT2D eigenvalue weighted by atomic mass is 35.5. The van der Waals surface area contributed by atoms with Crippen LogP contribution in [0.1, 0.15) is 27.7 Å². The summed E-state index contributed by atoms with van der Waals surface area (Å²) in [7, 11) is 0. The Balaban J connectivity index is 2.67. The van der Waals surface area contributed by atoms with Gasteiger partial charge in [-0.05, 0) is 19.8 Å². The Bertz CT molecular complexity index is 238. The second-order valence-corrected chi connectivity index (χ2v) is 5.16. The predicted octanol–water partition coefficient (Wildman–Crippen LogP) is 1.82. The van der Waals surface area contributed by atoms with Crippen LogP contribution in [-0.4, -0.2) is 34.6 Å². The Kier molecular flexibility index (Phi) is 3.43. The Morgan fingerprint density at radius 2 is 2.07 bits per heavy atom. The van der Waals surface area contributed by atoms with E-state index in [-0.39, 0.29) is 11.5 Å². The van der Waals surface area contributed by atoms with Crippen molar-refractivity contribution in [1.29, 1.82) is 0 Å². The van der Waals surface area contributed by atoms with E-state index in [1.807, 2.05) is 27.7 Å². The average Bonchev–Trinajstić information content (AvgIpc) is 2.43. The zero-order chi connectivity index (χ0) is 10.9. The number of aliphatic hydroxyl groups excluding tert-OH is 1. The van der Waals surface area contributed by atoms with Crippen LogP contribution >= 0.6 is 11.6 Å². The lowest BCUT2D eigenvalue weighted by molar-refractivity contribution is 0.128. The normalized spacial score (nSPS) is 24.4. The number of hydrogen-bond acceptors (Lipinski definition) is 3. The number of rotatable bonds is 3. The SMILES string of the molecule is CC(C)C(O)C(Cl)C1=NC(C)(C)CO1. The van der Waals surface area contributed by atoms with Crippen molar-refractivity contribution >= 4 is 17.5 Å².